The molecule has 1 aliphatic carbocycles. The van der Waals surface area contributed by atoms with Crippen molar-refractivity contribution in [3.05, 3.63) is 40.7 Å². The van der Waals surface area contributed by atoms with Crippen molar-refractivity contribution in [1.29, 1.82) is 0 Å². The van der Waals surface area contributed by atoms with Crippen LogP contribution in [0.25, 0.3) is 0 Å². The van der Waals surface area contributed by atoms with Gasteiger partial charge in [-0.05, 0) is 30.5 Å². The lowest BCUT2D eigenvalue weighted by atomic mass is 10.2. The van der Waals surface area contributed by atoms with Crippen molar-refractivity contribution in [2.24, 2.45) is 7.05 Å². The van der Waals surface area contributed by atoms with E-state index in [1.54, 1.807) is 4.68 Å². The van der Waals surface area contributed by atoms with Crippen LogP contribution < -0.4 is 10.1 Å². The number of halogens is 1. The Balaban J connectivity index is 1.58. The van der Waals surface area contributed by atoms with E-state index in [1.807, 2.05) is 31.4 Å². The molecule has 1 saturated carbocycles. The molecule has 1 aromatic heterocycles. The minimum Gasteiger partial charge on any atom is -0.486 e. The Hall–Kier alpha value is -1.59. The monoisotopic (exact) mass is 292 g/mol. The van der Waals surface area contributed by atoms with E-state index < -0.39 is 0 Å². The molecule has 0 bridgehead atoms. The van der Waals surface area contributed by atoms with Crippen LogP contribution in [0.5, 0.6) is 5.75 Å². The summed E-state index contributed by atoms with van der Waals surface area (Å²) in [5.41, 5.74) is 1.96. The highest BCUT2D eigenvalue weighted by atomic mass is 35.5. The van der Waals surface area contributed by atoms with Crippen LogP contribution in [0, 0.1) is 0 Å². The fourth-order valence-corrected chi connectivity index (χ4v) is 2.19. The second-order valence-electron chi connectivity index (χ2n) is 5.09. The molecule has 3 rings (SSSR count). The fourth-order valence-electron chi connectivity index (χ4n) is 1.93. The van der Waals surface area contributed by atoms with Crippen molar-refractivity contribution in [2.45, 2.75) is 32.0 Å². The van der Waals surface area contributed by atoms with E-state index in [4.69, 9.17) is 16.3 Å². The molecule has 0 amide bonds. The Kier molecular flexibility index (Phi) is 3.89. The van der Waals surface area contributed by atoms with Gasteiger partial charge in [0.2, 0.25) is 0 Å². The zero-order chi connectivity index (χ0) is 13.9. The smallest absolute Gasteiger partial charge is 0.138 e. The second-order valence-corrected chi connectivity index (χ2v) is 5.50. The maximum absolute atomic E-state index is 6.24. The molecular weight excluding hydrogens is 276 g/mol. The van der Waals surface area contributed by atoms with E-state index in [-0.39, 0.29) is 0 Å². The molecule has 6 heteroatoms. The number of rotatable bonds is 6. The van der Waals surface area contributed by atoms with E-state index >= 15 is 0 Å². The van der Waals surface area contributed by atoms with Gasteiger partial charge >= 0.3 is 0 Å². The Labute approximate surface area is 122 Å². The van der Waals surface area contributed by atoms with E-state index in [1.165, 1.54) is 18.4 Å². The van der Waals surface area contributed by atoms with Gasteiger partial charge in [0.05, 0.1) is 11.2 Å². The number of aromatic nitrogens is 3. The summed E-state index contributed by atoms with van der Waals surface area (Å²) < 4.78 is 7.31. The van der Waals surface area contributed by atoms with Crippen LogP contribution >= 0.6 is 11.6 Å². The lowest BCUT2D eigenvalue weighted by Gasteiger charge is -2.09. The highest BCUT2D eigenvalue weighted by Crippen LogP contribution is 2.27. The van der Waals surface area contributed by atoms with Crippen molar-refractivity contribution in [2.75, 3.05) is 0 Å². The highest BCUT2D eigenvalue weighted by Gasteiger charge is 2.20. The van der Waals surface area contributed by atoms with E-state index in [9.17, 15) is 0 Å². The quantitative estimate of drug-likeness (QED) is 0.887. The van der Waals surface area contributed by atoms with Crippen LogP contribution in [0.2, 0.25) is 5.02 Å². The zero-order valence-corrected chi connectivity index (χ0v) is 12.1. The number of benzene rings is 1. The number of nitrogens with one attached hydrogen (secondary N) is 1. The van der Waals surface area contributed by atoms with E-state index in [0.717, 1.165) is 12.2 Å². The standard InChI is InChI=1S/C14H17ClN4O/c1-19-8-12(17-18-19)9-20-14-5-2-10(6-13(14)15)7-16-11-3-4-11/h2,5-6,8,11,16H,3-4,7,9H2,1H3. The minimum atomic E-state index is 0.368. The molecule has 0 atom stereocenters. The molecule has 2 aromatic rings. The van der Waals surface area contributed by atoms with E-state index in [0.29, 0.717) is 23.4 Å². The Morgan fingerprint density at radius 3 is 2.95 bits per heavy atom. The normalized spacial score (nSPS) is 14.5. The average Bonchev–Trinajstić information content (AvgIpc) is 3.17. The summed E-state index contributed by atoms with van der Waals surface area (Å²) in [6.45, 7) is 1.22. The van der Waals surface area contributed by atoms with Crippen LogP contribution in [0.4, 0.5) is 0 Å². The van der Waals surface area contributed by atoms with Gasteiger partial charge in [-0.25, -0.2) is 0 Å². The van der Waals surface area contributed by atoms with Crippen molar-refractivity contribution in [3.63, 3.8) is 0 Å². The molecule has 1 fully saturated rings. The largest absolute Gasteiger partial charge is 0.486 e. The first-order valence-corrected chi connectivity index (χ1v) is 7.08. The maximum atomic E-state index is 6.24. The fraction of sp³-hybridized carbons (Fsp3) is 0.429. The first-order valence-electron chi connectivity index (χ1n) is 6.70. The summed E-state index contributed by atoms with van der Waals surface area (Å²) in [6, 6.07) is 6.58. The van der Waals surface area contributed by atoms with Gasteiger partial charge in [-0.15, -0.1) is 5.10 Å². The topological polar surface area (TPSA) is 52.0 Å². The van der Waals surface area contributed by atoms with Crippen LogP contribution in [0.1, 0.15) is 24.1 Å². The maximum Gasteiger partial charge on any atom is 0.138 e. The third kappa shape index (κ3) is 3.49. The van der Waals surface area contributed by atoms with Crippen molar-refractivity contribution in [3.8, 4) is 5.75 Å². The van der Waals surface area contributed by atoms with Crippen LogP contribution in [0.15, 0.2) is 24.4 Å². The first kappa shape index (κ1) is 13.4. The second kappa shape index (κ2) is 5.81. The summed E-state index contributed by atoms with van der Waals surface area (Å²) in [4.78, 5) is 0. The molecule has 0 saturated heterocycles. The average molecular weight is 293 g/mol. The molecule has 1 N–H and O–H groups in total. The molecule has 1 heterocycles. The molecule has 1 aromatic carbocycles. The number of ether oxygens (including phenoxy) is 1. The van der Waals surface area contributed by atoms with Gasteiger partial charge in [0.15, 0.2) is 0 Å². The summed E-state index contributed by atoms with van der Waals surface area (Å²) in [5.74, 6) is 0.674. The van der Waals surface area contributed by atoms with Gasteiger partial charge < -0.3 is 10.1 Å². The lowest BCUT2D eigenvalue weighted by molar-refractivity contribution is 0.301. The molecule has 0 unspecified atom stereocenters. The van der Waals surface area contributed by atoms with Gasteiger partial charge in [0.25, 0.3) is 0 Å². The van der Waals surface area contributed by atoms with E-state index in [2.05, 4.69) is 15.6 Å². The minimum absolute atomic E-state index is 0.368. The summed E-state index contributed by atoms with van der Waals surface area (Å²) in [6.07, 6.45) is 4.39. The SMILES string of the molecule is Cn1cc(COc2ccc(CNC3CC3)cc2Cl)nn1. The molecule has 106 valence electrons. The molecule has 0 aliphatic heterocycles. The Morgan fingerprint density at radius 1 is 1.45 bits per heavy atom. The number of nitrogens with zero attached hydrogens (tertiary/aromatic N) is 3. The third-order valence-corrected chi connectivity index (χ3v) is 3.49. The van der Waals surface area contributed by atoms with Gasteiger partial charge in [-0.3, -0.25) is 4.68 Å². The predicted molar refractivity (Wildman–Crippen MR) is 76.6 cm³/mol. The van der Waals surface area contributed by atoms with Crippen molar-refractivity contribution >= 4 is 11.6 Å². The highest BCUT2D eigenvalue weighted by molar-refractivity contribution is 6.32. The van der Waals surface area contributed by atoms with Gasteiger partial charge in [0, 0.05) is 19.6 Å². The van der Waals surface area contributed by atoms with Gasteiger partial charge in [-0.2, -0.15) is 0 Å². The molecule has 20 heavy (non-hydrogen) atoms. The third-order valence-electron chi connectivity index (χ3n) is 3.19. The summed E-state index contributed by atoms with van der Waals surface area (Å²) >= 11 is 6.24. The number of hydrogen-bond donors (Lipinski definition) is 1. The number of aryl methyl sites for hydroxylation is 1. The van der Waals surface area contributed by atoms with Gasteiger partial charge in [0.1, 0.15) is 18.1 Å². The molecule has 0 spiro atoms. The molecule has 5 nitrogen and oxygen atoms in total. The van der Waals surface area contributed by atoms with Crippen molar-refractivity contribution < 1.29 is 4.74 Å². The predicted octanol–water partition coefficient (Wildman–Crippen LogP) is 2.30. The zero-order valence-electron chi connectivity index (χ0n) is 11.3. The lowest BCUT2D eigenvalue weighted by Crippen LogP contribution is -2.15. The van der Waals surface area contributed by atoms with Crippen LogP contribution in [-0.4, -0.2) is 21.0 Å². The van der Waals surface area contributed by atoms with Crippen LogP contribution in [0.3, 0.4) is 0 Å². The first-order chi connectivity index (χ1) is 9.70. The summed E-state index contributed by atoms with van der Waals surface area (Å²) in [5, 5.41) is 11.9. The molecule has 0 radical (unpaired) electrons. The number of hydrogen-bond acceptors (Lipinski definition) is 4. The van der Waals surface area contributed by atoms with Gasteiger partial charge in [-0.1, -0.05) is 22.9 Å². The molecule has 1 aliphatic rings. The van der Waals surface area contributed by atoms with Crippen LogP contribution in [-0.2, 0) is 20.2 Å². The summed E-state index contributed by atoms with van der Waals surface area (Å²) in [7, 11) is 1.82. The Bertz CT molecular complexity index is 595. The van der Waals surface area contributed by atoms with Crippen molar-refractivity contribution in [1.82, 2.24) is 20.3 Å². The Morgan fingerprint density at radius 2 is 2.30 bits per heavy atom. The molecular formula is C14H17ClN4O.